The van der Waals surface area contributed by atoms with Gasteiger partial charge in [-0.05, 0) is 17.2 Å². The summed E-state index contributed by atoms with van der Waals surface area (Å²) in [6.07, 6.45) is 0.395. The Balaban J connectivity index is 1.79. The van der Waals surface area contributed by atoms with Crippen LogP contribution in [0.1, 0.15) is 48.1 Å². The van der Waals surface area contributed by atoms with Gasteiger partial charge < -0.3 is 10.2 Å². The lowest BCUT2D eigenvalue weighted by molar-refractivity contribution is -0.122. The van der Waals surface area contributed by atoms with Crippen LogP contribution >= 0.6 is 0 Å². The number of nitrogens with zero attached hydrogens (tertiary/aromatic N) is 4. The molecule has 0 spiro atoms. The number of hydrogen-bond donors (Lipinski definition) is 1. The van der Waals surface area contributed by atoms with E-state index in [0.29, 0.717) is 12.1 Å². The largest absolute Gasteiger partial charge is 0.339 e. The van der Waals surface area contributed by atoms with Crippen molar-refractivity contribution in [3.05, 3.63) is 89.2 Å². The van der Waals surface area contributed by atoms with Crippen LogP contribution in [0.2, 0.25) is 0 Å². The first-order valence-corrected chi connectivity index (χ1v) is 11.3. The maximum atomic E-state index is 13.5. The van der Waals surface area contributed by atoms with Crippen LogP contribution < -0.4 is 5.32 Å². The van der Waals surface area contributed by atoms with Gasteiger partial charge in [0.05, 0.1) is 11.8 Å². The molecule has 0 saturated carbocycles. The second-order valence-corrected chi connectivity index (χ2v) is 9.37. The van der Waals surface area contributed by atoms with E-state index in [1.165, 1.54) is 4.90 Å². The fourth-order valence-corrected chi connectivity index (χ4v) is 3.59. The third kappa shape index (κ3) is 6.55. The second kappa shape index (κ2) is 10.8. The van der Waals surface area contributed by atoms with E-state index in [2.05, 4.69) is 16.5 Å². The van der Waals surface area contributed by atoms with Crippen LogP contribution in [0.15, 0.2) is 66.7 Å². The molecule has 0 aliphatic carbocycles. The topological polar surface area (TPSA) is 91.0 Å². The summed E-state index contributed by atoms with van der Waals surface area (Å²) >= 11 is 0. The fourth-order valence-electron chi connectivity index (χ4n) is 3.59. The van der Waals surface area contributed by atoms with E-state index in [-0.39, 0.29) is 30.3 Å². The third-order valence-electron chi connectivity index (χ3n) is 5.48. The highest BCUT2D eigenvalue weighted by molar-refractivity contribution is 5.95. The Labute approximate surface area is 201 Å². The molecule has 0 aliphatic rings. The second-order valence-electron chi connectivity index (χ2n) is 9.37. The molecule has 176 valence electrons. The molecule has 7 heteroatoms. The Morgan fingerprint density at radius 3 is 2.18 bits per heavy atom. The smallest absolute Gasteiger partial charge is 0.272 e. The van der Waals surface area contributed by atoms with Gasteiger partial charge >= 0.3 is 0 Å². The summed E-state index contributed by atoms with van der Waals surface area (Å²) < 4.78 is 1.56. The van der Waals surface area contributed by atoms with E-state index in [1.54, 1.807) is 17.8 Å². The number of carbonyl (C=O) groups excluding carboxylic acids is 2. The molecule has 34 heavy (non-hydrogen) atoms. The first-order chi connectivity index (χ1) is 16.2. The highest BCUT2D eigenvalue weighted by atomic mass is 16.2. The summed E-state index contributed by atoms with van der Waals surface area (Å²) in [6, 6.07) is 22.3. The Morgan fingerprint density at radius 2 is 1.65 bits per heavy atom. The summed E-state index contributed by atoms with van der Waals surface area (Å²) in [5.74, 6) is -0.675. The highest BCUT2D eigenvalue weighted by Gasteiger charge is 2.26. The van der Waals surface area contributed by atoms with Crippen molar-refractivity contribution < 1.29 is 9.59 Å². The number of aryl methyl sites for hydroxylation is 1. The first-order valence-electron chi connectivity index (χ1n) is 11.3. The summed E-state index contributed by atoms with van der Waals surface area (Å²) in [6.45, 7) is 6.20. The molecule has 1 atom stereocenters. The Bertz CT molecular complexity index is 1160. The zero-order valence-electron chi connectivity index (χ0n) is 20.2. The zero-order valence-corrected chi connectivity index (χ0v) is 20.2. The highest BCUT2D eigenvalue weighted by Crippen LogP contribution is 2.22. The van der Waals surface area contributed by atoms with Crippen molar-refractivity contribution in [3.8, 4) is 6.07 Å². The number of nitrogens with one attached hydrogen (secondary N) is 1. The predicted molar refractivity (Wildman–Crippen MR) is 131 cm³/mol. The van der Waals surface area contributed by atoms with Crippen molar-refractivity contribution in [3.63, 3.8) is 0 Å². The average Bonchev–Trinajstić information content (AvgIpc) is 3.21. The van der Waals surface area contributed by atoms with Crippen LogP contribution in [0.5, 0.6) is 0 Å². The fraction of sp³-hybridized carbons (Fsp3) is 0.333. The van der Waals surface area contributed by atoms with Gasteiger partial charge in [0.1, 0.15) is 18.3 Å². The van der Waals surface area contributed by atoms with Crippen molar-refractivity contribution in [2.24, 2.45) is 7.05 Å². The molecule has 3 aromatic rings. The van der Waals surface area contributed by atoms with Gasteiger partial charge in [-0.3, -0.25) is 14.3 Å². The molecule has 1 heterocycles. The quantitative estimate of drug-likeness (QED) is 0.559. The zero-order chi connectivity index (χ0) is 24.7. The molecule has 0 aliphatic heterocycles. The molecule has 0 saturated heterocycles. The lowest BCUT2D eigenvalue weighted by Gasteiger charge is -2.23. The standard InChI is InChI=1S/C27H31N5O2/c1-27(2,3)24-16-23(31(4)30-24)26(34)32(18-21-13-9-6-10-14-21)19-25(33)29-22(17-28)15-20-11-7-5-8-12-20/h5-14,16,22H,15,18-19H2,1-4H3,(H,29,33)/t22-/m0/s1. The van der Waals surface area contributed by atoms with Gasteiger partial charge in [-0.25, -0.2) is 0 Å². The van der Waals surface area contributed by atoms with Crippen LogP contribution in [0.4, 0.5) is 0 Å². The number of rotatable bonds is 8. The molecule has 7 nitrogen and oxygen atoms in total. The molecule has 0 fully saturated rings. The van der Waals surface area contributed by atoms with E-state index in [9.17, 15) is 14.9 Å². The maximum Gasteiger partial charge on any atom is 0.272 e. The van der Waals surface area contributed by atoms with Gasteiger partial charge in [-0.1, -0.05) is 81.4 Å². The Hall–Kier alpha value is -3.92. The SMILES string of the molecule is Cn1nc(C(C)(C)C)cc1C(=O)N(CC(=O)N[C@H](C#N)Cc1ccccc1)Cc1ccccc1. The van der Waals surface area contributed by atoms with Gasteiger partial charge in [0.2, 0.25) is 5.91 Å². The molecule has 0 radical (unpaired) electrons. The summed E-state index contributed by atoms with van der Waals surface area (Å²) in [5, 5.41) is 16.8. The van der Waals surface area contributed by atoms with E-state index >= 15 is 0 Å². The van der Waals surface area contributed by atoms with Crippen molar-refractivity contribution in [1.29, 1.82) is 5.26 Å². The van der Waals surface area contributed by atoms with E-state index < -0.39 is 6.04 Å². The van der Waals surface area contributed by atoms with E-state index in [1.807, 2.05) is 81.4 Å². The van der Waals surface area contributed by atoms with E-state index in [4.69, 9.17) is 0 Å². The number of hydrogen-bond acceptors (Lipinski definition) is 4. The molecular formula is C27H31N5O2. The van der Waals surface area contributed by atoms with Gasteiger partial charge in [-0.15, -0.1) is 0 Å². The van der Waals surface area contributed by atoms with Crippen LogP contribution in [0.25, 0.3) is 0 Å². The lowest BCUT2D eigenvalue weighted by Crippen LogP contribution is -2.44. The first kappa shape index (κ1) is 24.7. The molecule has 2 aromatic carbocycles. The monoisotopic (exact) mass is 457 g/mol. The summed E-state index contributed by atoms with van der Waals surface area (Å²) in [4.78, 5) is 27.9. The minimum absolute atomic E-state index is 0.170. The van der Waals surface area contributed by atoms with Gasteiger partial charge in [0.15, 0.2) is 0 Å². The molecule has 3 rings (SSSR count). The normalized spacial score (nSPS) is 12.0. The van der Waals surface area contributed by atoms with Crippen LogP contribution in [-0.4, -0.2) is 39.1 Å². The predicted octanol–water partition coefficient (Wildman–Crippen LogP) is 3.61. The average molecular weight is 458 g/mol. The lowest BCUT2D eigenvalue weighted by atomic mass is 9.92. The minimum Gasteiger partial charge on any atom is -0.339 e. The van der Waals surface area contributed by atoms with Crippen LogP contribution in [0.3, 0.4) is 0 Å². The van der Waals surface area contributed by atoms with Crippen molar-refractivity contribution in [1.82, 2.24) is 20.0 Å². The summed E-state index contributed by atoms with van der Waals surface area (Å²) in [7, 11) is 1.73. The maximum absolute atomic E-state index is 13.5. The molecule has 0 bridgehead atoms. The van der Waals surface area contributed by atoms with Crippen LogP contribution in [-0.2, 0) is 30.2 Å². The van der Waals surface area contributed by atoms with E-state index in [0.717, 1.165) is 16.8 Å². The van der Waals surface area contributed by atoms with Crippen LogP contribution in [0, 0.1) is 11.3 Å². The number of carbonyl (C=O) groups is 2. The number of amides is 2. The Morgan fingerprint density at radius 1 is 1.06 bits per heavy atom. The number of aromatic nitrogens is 2. The number of benzene rings is 2. The third-order valence-corrected chi connectivity index (χ3v) is 5.48. The van der Waals surface area contributed by atoms with Crippen molar-refractivity contribution in [2.75, 3.05) is 6.54 Å². The molecule has 1 N–H and O–H groups in total. The van der Waals surface area contributed by atoms with Gasteiger partial charge in [0, 0.05) is 25.4 Å². The Kier molecular flexibility index (Phi) is 7.85. The van der Waals surface area contributed by atoms with Gasteiger partial charge in [-0.2, -0.15) is 10.4 Å². The molecule has 1 aromatic heterocycles. The number of nitriles is 1. The molecule has 0 unspecified atom stereocenters. The molecule has 2 amide bonds. The molecular weight excluding hydrogens is 426 g/mol. The van der Waals surface area contributed by atoms with Crippen molar-refractivity contribution in [2.45, 2.75) is 45.2 Å². The van der Waals surface area contributed by atoms with Crippen molar-refractivity contribution >= 4 is 11.8 Å². The summed E-state index contributed by atoms with van der Waals surface area (Å²) in [5.41, 5.74) is 2.86. The van der Waals surface area contributed by atoms with Gasteiger partial charge in [0.25, 0.3) is 5.91 Å². The minimum atomic E-state index is -0.687.